The highest BCUT2D eigenvalue weighted by molar-refractivity contribution is 5.20. The Balaban J connectivity index is 1.36. The van der Waals surface area contributed by atoms with Crippen LogP contribution in [0.4, 0.5) is 4.39 Å². The van der Waals surface area contributed by atoms with Gasteiger partial charge in [-0.05, 0) is 92.2 Å². The fourth-order valence-electron chi connectivity index (χ4n) is 5.91. The predicted octanol–water partition coefficient (Wildman–Crippen LogP) is 8.51. The highest BCUT2D eigenvalue weighted by Crippen LogP contribution is 2.42. The van der Waals surface area contributed by atoms with Crippen LogP contribution in [-0.2, 0) is 0 Å². The lowest BCUT2D eigenvalue weighted by atomic mass is 9.70. The molecule has 1 aromatic carbocycles. The Bertz CT molecular complexity index is 518. The molecule has 1 unspecified atom stereocenters. The third kappa shape index (κ3) is 6.33. The minimum Gasteiger partial charge on any atom is -0.207 e. The Hall–Kier alpha value is -0.850. The number of unbranched alkanes of at least 4 members (excludes halogenated alkanes) is 2. The summed E-state index contributed by atoms with van der Waals surface area (Å²) in [6.45, 7) is 4.85. The molecular weight excluding hydrogens is 331 g/mol. The lowest BCUT2D eigenvalue weighted by molar-refractivity contribution is 0.169. The van der Waals surface area contributed by atoms with Gasteiger partial charge in [0.2, 0.25) is 0 Å². The summed E-state index contributed by atoms with van der Waals surface area (Å²) >= 11 is 0. The smallest absolute Gasteiger partial charge is 0.123 e. The van der Waals surface area contributed by atoms with Crippen molar-refractivity contribution >= 4 is 0 Å². The van der Waals surface area contributed by atoms with Crippen molar-refractivity contribution < 1.29 is 4.39 Å². The van der Waals surface area contributed by atoms with Crippen LogP contribution in [0.5, 0.6) is 0 Å². The second kappa shape index (κ2) is 10.6. The Kier molecular flexibility index (Phi) is 8.22. The summed E-state index contributed by atoms with van der Waals surface area (Å²) in [6.07, 6.45) is 18.5. The monoisotopic (exact) mass is 372 g/mol. The maximum Gasteiger partial charge on any atom is 0.123 e. The quantitative estimate of drug-likeness (QED) is 0.401. The molecule has 1 heteroatoms. The van der Waals surface area contributed by atoms with Gasteiger partial charge in [0, 0.05) is 0 Å². The zero-order valence-corrected chi connectivity index (χ0v) is 17.8. The largest absolute Gasteiger partial charge is 0.207 e. The lowest BCUT2D eigenvalue weighted by Gasteiger charge is -2.36. The molecule has 3 rings (SSSR count). The standard InChI is InChI=1S/C26H41F/c1-3-4-5-6-21-7-11-23(12-8-21)20(2)19-22-9-13-24(14-10-22)25-15-17-26(27)18-16-25/h15-18,20-24H,3-14,19H2,1-2H3. The van der Waals surface area contributed by atoms with E-state index in [9.17, 15) is 4.39 Å². The van der Waals surface area contributed by atoms with Crippen LogP contribution in [-0.4, -0.2) is 0 Å². The van der Waals surface area contributed by atoms with Gasteiger partial charge < -0.3 is 0 Å². The van der Waals surface area contributed by atoms with Crippen molar-refractivity contribution in [2.45, 2.75) is 103 Å². The predicted molar refractivity (Wildman–Crippen MR) is 114 cm³/mol. The van der Waals surface area contributed by atoms with Gasteiger partial charge in [-0.1, -0.05) is 64.5 Å². The molecule has 1 atom stereocenters. The van der Waals surface area contributed by atoms with E-state index in [1.165, 1.54) is 89.0 Å². The van der Waals surface area contributed by atoms with Crippen molar-refractivity contribution in [2.75, 3.05) is 0 Å². The second-order valence-corrected chi connectivity index (χ2v) is 9.76. The first kappa shape index (κ1) is 20.9. The third-order valence-corrected chi connectivity index (χ3v) is 7.81. The molecule has 2 aliphatic carbocycles. The molecular formula is C26H41F. The molecule has 0 N–H and O–H groups in total. The molecule has 2 fully saturated rings. The summed E-state index contributed by atoms with van der Waals surface area (Å²) in [5.74, 6) is 4.42. The third-order valence-electron chi connectivity index (χ3n) is 7.81. The number of halogens is 1. The van der Waals surface area contributed by atoms with Crippen LogP contribution in [0, 0.1) is 29.5 Å². The normalized spacial score (nSPS) is 30.2. The molecule has 2 aliphatic rings. The van der Waals surface area contributed by atoms with E-state index in [0.717, 1.165) is 23.7 Å². The zero-order valence-electron chi connectivity index (χ0n) is 17.8. The summed E-state index contributed by atoms with van der Waals surface area (Å²) in [5, 5.41) is 0. The van der Waals surface area contributed by atoms with Gasteiger partial charge >= 0.3 is 0 Å². The van der Waals surface area contributed by atoms with E-state index in [4.69, 9.17) is 0 Å². The van der Waals surface area contributed by atoms with Gasteiger partial charge in [-0.25, -0.2) is 4.39 Å². The Morgan fingerprint density at radius 2 is 1.48 bits per heavy atom. The van der Waals surface area contributed by atoms with Crippen molar-refractivity contribution in [1.82, 2.24) is 0 Å². The number of benzene rings is 1. The van der Waals surface area contributed by atoms with Crippen LogP contribution in [0.25, 0.3) is 0 Å². The van der Waals surface area contributed by atoms with Crippen LogP contribution in [0.2, 0.25) is 0 Å². The van der Waals surface area contributed by atoms with Crippen molar-refractivity contribution in [3.63, 3.8) is 0 Å². The highest BCUT2D eigenvalue weighted by Gasteiger charge is 2.29. The summed E-state index contributed by atoms with van der Waals surface area (Å²) < 4.78 is 13.1. The molecule has 0 bridgehead atoms. The molecule has 0 amide bonds. The molecule has 0 spiro atoms. The van der Waals surface area contributed by atoms with Gasteiger partial charge in [-0.2, -0.15) is 0 Å². The molecule has 1 aromatic rings. The van der Waals surface area contributed by atoms with Gasteiger partial charge in [0.15, 0.2) is 0 Å². The van der Waals surface area contributed by atoms with Crippen molar-refractivity contribution in [2.24, 2.45) is 23.7 Å². The van der Waals surface area contributed by atoms with Gasteiger partial charge in [-0.3, -0.25) is 0 Å². The Morgan fingerprint density at radius 1 is 0.852 bits per heavy atom. The van der Waals surface area contributed by atoms with Gasteiger partial charge in [0.25, 0.3) is 0 Å². The first-order valence-corrected chi connectivity index (χ1v) is 11.9. The summed E-state index contributed by atoms with van der Waals surface area (Å²) in [7, 11) is 0. The molecule has 0 saturated heterocycles. The van der Waals surface area contributed by atoms with E-state index in [1.54, 1.807) is 12.1 Å². The van der Waals surface area contributed by atoms with Crippen molar-refractivity contribution in [1.29, 1.82) is 0 Å². The first-order valence-electron chi connectivity index (χ1n) is 11.9. The summed E-state index contributed by atoms with van der Waals surface area (Å²) in [6, 6.07) is 7.26. The van der Waals surface area contributed by atoms with Crippen LogP contribution >= 0.6 is 0 Å². The molecule has 0 aromatic heterocycles. The average Bonchev–Trinajstić information content (AvgIpc) is 2.70. The average molecular weight is 373 g/mol. The van der Waals surface area contributed by atoms with Crippen molar-refractivity contribution in [3.05, 3.63) is 35.6 Å². The second-order valence-electron chi connectivity index (χ2n) is 9.76. The fraction of sp³-hybridized carbons (Fsp3) is 0.769. The number of hydrogen-bond acceptors (Lipinski definition) is 0. The van der Waals surface area contributed by atoms with Crippen molar-refractivity contribution in [3.8, 4) is 0 Å². The van der Waals surface area contributed by atoms with Gasteiger partial charge in [-0.15, -0.1) is 0 Å². The molecule has 27 heavy (non-hydrogen) atoms. The maximum atomic E-state index is 13.1. The molecule has 0 aliphatic heterocycles. The topological polar surface area (TPSA) is 0 Å². The van der Waals surface area contributed by atoms with E-state index in [0.29, 0.717) is 5.92 Å². The van der Waals surface area contributed by atoms with E-state index in [1.807, 2.05) is 12.1 Å². The Morgan fingerprint density at radius 3 is 2.11 bits per heavy atom. The first-order chi connectivity index (χ1) is 13.2. The van der Waals surface area contributed by atoms with Crippen LogP contribution in [0.15, 0.2) is 24.3 Å². The summed E-state index contributed by atoms with van der Waals surface area (Å²) in [5.41, 5.74) is 1.35. The molecule has 0 heterocycles. The van der Waals surface area contributed by atoms with Crippen LogP contribution in [0.3, 0.4) is 0 Å². The van der Waals surface area contributed by atoms with Gasteiger partial charge in [0.1, 0.15) is 5.82 Å². The van der Waals surface area contributed by atoms with E-state index < -0.39 is 0 Å². The minimum absolute atomic E-state index is 0.110. The van der Waals surface area contributed by atoms with Crippen LogP contribution in [0.1, 0.15) is 109 Å². The molecule has 152 valence electrons. The van der Waals surface area contributed by atoms with Gasteiger partial charge in [0.05, 0.1) is 0 Å². The van der Waals surface area contributed by atoms with Crippen LogP contribution < -0.4 is 0 Å². The molecule has 2 saturated carbocycles. The highest BCUT2D eigenvalue weighted by atomic mass is 19.1. The van der Waals surface area contributed by atoms with E-state index in [-0.39, 0.29) is 5.82 Å². The molecule has 0 radical (unpaired) electrons. The lowest BCUT2D eigenvalue weighted by Crippen LogP contribution is -2.23. The summed E-state index contributed by atoms with van der Waals surface area (Å²) in [4.78, 5) is 0. The molecule has 0 nitrogen and oxygen atoms in total. The SMILES string of the molecule is CCCCCC1CCC(C(C)CC2CCC(c3ccc(F)cc3)CC2)CC1. The number of hydrogen-bond donors (Lipinski definition) is 0. The Labute approximate surface area is 167 Å². The van der Waals surface area contributed by atoms with E-state index in [2.05, 4.69) is 13.8 Å². The number of rotatable bonds is 8. The maximum absolute atomic E-state index is 13.1. The fourth-order valence-corrected chi connectivity index (χ4v) is 5.91. The van der Waals surface area contributed by atoms with E-state index >= 15 is 0 Å². The minimum atomic E-state index is -0.110. The zero-order chi connectivity index (χ0) is 19.1.